The van der Waals surface area contributed by atoms with E-state index in [-0.39, 0.29) is 17.1 Å². The van der Waals surface area contributed by atoms with Gasteiger partial charge in [0.05, 0.1) is 35.9 Å². The quantitative estimate of drug-likeness (QED) is 0.304. The van der Waals surface area contributed by atoms with Gasteiger partial charge in [-0.25, -0.2) is 0 Å². The number of carbonyl (C=O) groups is 1. The molecule has 0 saturated carbocycles. The Bertz CT molecular complexity index is 1120. The minimum absolute atomic E-state index is 0.253. The second-order valence-corrected chi connectivity index (χ2v) is 7.77. The summed E-state index contributed by atoms with van der Waals surface area (Å²) in [7, 11) is 6.87. The molecule has 0 amide bonds. The normalized spacial score (nSPS) is 11.5. The van der Waals surface area contributed by atoms with Crippen molar-refractivity contribution in [3.05, 3.63) is 57.8 Å². The lowest BCUT2D eigenvalue weighted by atomic mass is 10.0. The summed E-state index contributed by atoms with van der Waals surface area (Å²) in [5.41, 5.74) is 1.43. The van der Waals surface area contributed by atoms with Crippen LogP contribution in [0.5, 0.6) is 17.2 Å². The van der Waals surface area contributed by atoms with Gasteiger partial charge in [-0.15, -0.1) is 0 Å². The minimum Gasteiger partial charge on any atom is -0.495 e. The summed E-state index contributed by atoms with van der Waals surface area (Å²) in [6.07, 6.45) is 4.60. The third-order valence-corrected chi connectivity index (χ3v) is 5.33. The molecule has 0 fully saturated rings. The number of hydrogen-bond donors (Lipinski definition) is 0. The van der Waals surface area contributed by atoms with E-state index in [0.29, 0.717) is 45.7 Å². The van der Waals surface area contributed by atoms with Crippen molar-refractivity contribution in [1.29, 1.82) is 0 Å². The van der Waals surface area contributed by atoms with E-state index in [2.05, 4.69) is 0 Å². The van der Waals surface area contributed by atoms with Crippen molar-refractivity contribution >= 4 is 46.0 Å². The lowest BCUT2D eigenvalue weighted by molar-refractivity contribution is 0.104. The molecule has 6 nitrogen and oxygen atoms in total. The molecule has 2 aromatic carbocycles. The summed E-state index contributed by atoms with van der Waals surface area (Å²) in [6, 6.07) is 6.84. The minimum atomic E-state index is -0.316. The van der Waals surface area contributed by atoms with Crippen LogP contribution in [0.2, 0.25) is 10.0 Å². The van der Waals surface area contributed by atoms with Crippen LogP contribution in [0.1, 0.15) is 15.9 Å². The van der Waals surface area contributed by atoms with E-state index >= 15 is 0 Å². The summed E-state index contributed by atoms with van der Waals surface area (Å²) in [5, 5.41) is 1.46. The van der Waals surface area contributed by atoms with Crippen molar-refractivity contribution in [3.63, 3.8) is 0 Å². The van der Waals surface area contributed by atoms with E-state index in [1.54, 1.807) is 30.3 Å². The molecule has 0 bridgehead atoms. The summed E-state index contributed by atoms with van der Waals surface area (Å²) in [4.78, 5) is 15.3. The number of carbonyl (C=O) groups excluding carboxylic acids is 1. The maximum absolute atomic E-state index is 13.3. The number of benzene rings is 2. The predicted molar refractivity (Wildman–Crippen MR) is 123 cm³/mol. The second kappa shape index (κ2) is 10.1. The Morgan fingerprint density at radius 2 is 1.81 bits per heavy atom. The van der Waals surface area contributed by atoms with E-state index in [1.165, 1.54) is 26.6 Å². The molecule has 8 heteroatoms. The number of nitrogens with zero attached hydrogens (tertiary/aromatic N) is 1. The van der Waals surface area contributed by atoms with Crippen molar-refractivity contribution in [3.8, 4) is 17.2 Å². The van der Waals surface area contributed by atoms with Crippen molar-refractivity contribution < 1.29 is 23.4 Å². The van der Waals surface area contributed by atoms with Gasteiger partial charge < -0.3 is 23.5 Å². The first-order valence-corrected chi connectivity index (χ1v) is 10.2. The maximum atomic E-state index is 13.3. The molecule has 0 spiro atoms. The predicted octanol–water partition coefficient (Wildman–Crippen LogP) is 5.59. The van der Waals surface area contributed by atoms with Crippen LogP contribution in [-0.2, 0) is 0 Å². The molecule has 0 unspecified atom stereocenters. The van der Waals surface area contributed by atoms with E-state index < -0.39 is 0 Å². The first-order valence-electron chi connectivity index (χ1n) is 9.47. The van der Waals surface area contributed by atoms with Gasteiger partial charge in [-0.1, -0.05) is 35.3 Å². The number of furan rings is 1. The largest absolute Gasteiger partial charge is 0.495 e. The number of rotatable bonds is 9. The van der Waals surface area contributed by atoms with Crippen LogP contribution in [0.3, 0.4) is 0 Å². The SMILES string of the molecule is COc1c(C(=O)C=Cc2ccc(Cl)c(Cl)c2)c(OCCN(C)C)c(OC)c2occc12. The van der Waals surface area contributed by atoms with Gasteiger partial charge in [0.25, 0.3) is 0 Å². The Labute approximate surface area is 190 Å². The Kier molecular flexibility index (Phi) is 7.49. The topological polar surface area (TPSA) is 61.1 Å². The van der Waals surface area contributed by atoms with E-state index in [1.807, 2.05) is 19.0 Å². The zero-order valence-electron chi connectivity index (χ0n) is 17.7. The Hall–Kier alpha value is -2.67. The Balaban J connectivity index is 2.09. The van der Waals surface area contributed by atoms with Crippen LogP contribution >= 0.6 is 23.2 Å². The van der Waals surface area contributed by atoms with Crippen LogP contribution in [0.15, 0.2) is 41.0 Å². The average molecular weight is 464 g/mol. The van der Waals surface area contributed by atoms with Gasteiger partial charge in [-0.2, -0.15) is 0 Å². The fourth-order valence-corrected chi connectivity index (χ4v) is 3.39. The van der Waals surface area contributed by atoms with Gasteiger partial charge in [-0.05, 0) is 43.9 Å². The molecule has 0 aliphatic heterocycles. The number of ketones is 1. The molecular weight excluding hydrogens is 441 g/mol. The van der Waals surface area contributed by atoms with Crippen LogP contribution in [-0.4, -0.2) is 52.1 Å². The van der Waals surface area contributed by atoms with Gasteiger partial charge >= 0.3 is 0 Å². The lowest BCUT2D eigenvalue weighted by Crippen LogP contribution is -2.20. The summed E-state index contributed by atoms with van der Waals surface area (Å²) < 4.78 is 22.7. The molecule has 0 aliphatic carbocycles. The highest BCUT2D eigenvalue weighted by atomic mass is 35.5. The lowest BCUT2D eigenvalue weighted by Gasteiger charge is -2.18. The Morgan fingerprint density at radius 1 is 1.06 bits per heavy atom. The molecule has 0 aliphatic rings. The summed E-state index contributed by atoms with van der Waals surface area (Å²) in [6.45, 7) is 0.990. The molecule has 0 N–H and O–H groups in total. The summed E-state index contributed by atoms with van der Waals surface area (Å²) in [5.74, 6) is 0.649. The average Bonchev–Trinajstić information content (AvgIpc) is 3.22. The molecule has 1 heterocycles. The van der Waals surface area contributed by atoms with Crippen molar-refractivity contribution in [1.82, 2.24) is 4.90 Å². The van der Waals surface area contributed by atoms with Crippen LogP contribution in [0, 0.1) is 0 Å². The number of allylic oxidation sites excluding steroid dienone is 1. The number of ether oxygens (including phenoxy) is 3. The standard InChI is InChI=1S/C23H23Cl2NO5/c1-26(2)10-12-31-22-19(18(27)8-6-14-5-7-16(24)17(25)13-14)20(28-3)15-9-11-30-21(15)23(22)29-4/h5-9,11,13H,10,12H2,1-4H3. The zero-order valence-corrected chi connectivity index (χ0v) is 19.2. The number of methoxy groups -OCH3 is 2. The second-order valence-electron chi connectivity index (χ2n) is 6.96. The first-order chi connectivity index (χ1) is 14.9. The fraction of sp³-hybridized carbons (Fsp3) is 0.261. The van der Waals surface area contributed by atoms with Gasteiger partial charge in [0, 0.05) is 6.54 Å². The summed E-state index contributed by atoms with van der Waals surface area (Å²) >= 11 is 12.0. The molecule has 0 saturated heterocycles. The third-order valence-electron chi connectivity index (χ3n) is 4.59. The molecule has 1 aromatic heterocycles. The van der Waals surface area contributed by atoms with E-state index in [9.17, 15) is 4.79 Å². The molecule has 0 atom stereocenters. The van der Waals surface area contributed by atoms with Gasteiger partial charge in [0.1, 0.15) is 17.9 Å². The zero-order chi connectivity index (χ0) is 22.5. The maximum Gasteiger partial charge on any atom is 0.205 e. The molecular formula is C23H23Cl2NO5. The number of hydrogen-bond acceptors (Lipinski definition) is 6. The smallest absolute Gasteiger partial charge is 0.205 e. The molecule has 3 aromatic rings. The van der Waals surface area contributed by atoms with Crippen molar-refractivity contribution in [2.75, 3.05) is 41.5 Å². The highest BCUT2D eigenvalue weighted by Gasteiger charge is 2.28. The Morgan fingerprint density at radius 3 is 2.45 bits per heavy atom. The van der Waals surface area contributed by atoms with E-state index in [0.717, 1.165) is 5.56 Å². The highest BCUT2D eigenvalue weighted by Crippen LogP contribution is 2.46. The number of fused-ring (bicyclic) bond motifs is 1. The van der Waals surface area contributed by atoms with Crippen LogP contribution in [0.4, 0.5) is 0 Å². The van der Waals surface area contributed by atoms with Crippen LogP contribution in [0.25, 0.3) is 17.0 Å². The monoisotopic (exact) mass is 463 g/mol. The van der Waals surface area contributed by atoms with Crippen molar-refractivity contribution in [2.45, 2.75) is 0 Å². The molecule has 0 radical (unpaired) electrons. The molecule has 3 rings (SSSR count). The van der Waals surface area contributed by atoms with Gasteiger partial charge in [0.15, 0.2) is 17.1 Å². The van der Waals surface area contributed by atoms with E-state index in [4.69, 9.17) is 41.8 Å². The highest BCUT2D eigenvalue weighted by molar-refractivity contribution is 6.42. The van der Waals surface area contributed by atoms with Crippen LogP contribution < -0.4 is 14.2 Å². The van der Waals surface area contributed by atoms with Gasteiger partial charge in [-0.3, -0.25) is 4.79 Å². The first kappa shape index (κ1) is 23.0. The molecule has 164 valence electrons. The third kappa shape index (κ3) is 4.98. The molecule has 31 heavy (non-hydrogen) atoms. The number of likely N-dealkylation sites (N-methyl/N-ethyl adjacent to an activating group) is 1. The number of halogens is 2. The van der Waals surface area contributed by atoms with Crippen molar-refractivity contribution in [2.24, 2.45) is 0 Å². The fourth-order valence-electron chi connectivity index (χ4n) is 3.08. The van der Waals surface area contributed by atoms with Gasteiger partial charge in [0.2, 0.25) is 5.75 Å².